The van der Waals surface area contributed by atoms with Gasteiger partial charge in [-0.2, -0.15) is 0 Å². The van der Waals surface area contributed by atoms with Crippen LogP contribution in [0.15, 0.2) is 58.8 Å². The molecule has 0 spiro atoms. The Bertz CT molecular complexity index is 1150. The molecule has 4 rings (SSSR count). The van der Waals surface area contributed by atoms with E-state index >= 15 is 0 Å². The summed E-state index contributed by atoms with van der Waals surface area (Å²) in [4.78, 5) is 29.4. The summed E-state index contributed by atoms with van der Waals surface area (Å²) in [5, 5.41) is 3.63. The van der Waals surface area contributed by atoms with Crippen molar-refractivity contribution in [1.29, 1.82) is 0 Å². The number of hydrogen-bond donors (Lipinski definition) is 2. The molecule has 0 aliphatic carbocycles. The average Bonchev–Trinajstić information content (AvgIpc) is 2.75. The van der Waals surface area contributed by atoms with Gasteiger partial charge in [-0.25, -0.2) is 8.78 Å². The molecule has 5 nitrogen and oxygen atoms in total. The molecule has 1 amide bonds. The first-order valence-electron chi connectivity index (χ1n) is 10.00. The number of amides is 1. The lowest BCUT2D eigenvalue weighted by Gasteiger charge is -2.30. The molecule has 0 saturated carbocycles. The first-order chi connectivity index (χ1) is 14.4. The normalized spacial score (nSPS) is 18.8. The number of carbonyl (C=O) groups excluding carboxylic acids is 1. The molecular weight excluding hydrogens is 388 g/mol. The quantitative estimate of drug-likeness (QED) is 0.758. The minimum Gasteiger partial charge on any atom is -0.379 e. The zero-order chi connectivity index (χ0) is 21.3. The van der Waals surface area contributed by atoms with Gasteiger partial charge in [0.15, 0.2) is 0 Å². The summed E-state index contributed by atoms with van der Waals surface area (Å²) in [7, 11) is 0. The Balaban J connectivity index is 1.39. The maximum absolute atomic E-state index is 14.0. The third-order valence-electron chi connectivity index (χ3n) is 5.69. The maximum Gasteiger partial charge on any atom is 0.259 e. The van der Waals surface area contributed by atoms with Crippen molar-refractivity contribution in [2.75, 3.05) is 13.1 Å². The Kier molecular flexibility index (Phi) is 5.53. The lowest BCUT2D eigenvalue weighted by atomic mass is 9.98. The maximum atomic E-state index is 14.0. The molecule has 1 atom stereocenters. The van der Waals surface area contributed by atoms with E-state index in [0.29, 0.717) is 37.0 Å². The van der Waals surface area contributed by atoms with Gasteiger partial charge in [-0.05, 0) is 54.5 Å². The van der Waals surface area contributed by atoms with Gasteiger partial charge in [-0.3, -0.25) is 9.59 Å². The van der Waals surface area contributed by atoms with Crippen molar-refractivity contribution in [3.8, 4) is 0 Å². The third-order valence-corrected chi connectivity index (χ3v) is 5.69. The number of pyridine rings is 1. The van der Waals surface area contributed by atoms with Crippen LogP contribution in [-0.2, 0) is 11.2 Å². The van der Waals surface area contributed by atoms with Gasteiger partial charge < -0.3 is 15.2 Å². The van der Waals surface area contributed by atoms with Crippen LogP contribution in [0.4, 0.5) is 8.78 Å². The van der Waals surface area contributed by atoms with E-state index in [4.69, 9.17) is 0 Å². The highest BCUT2D eigenvalue weighted by Crippen LogP contribution is 2.21. The van der Waals surface area contributed by atoms with E-state index < -0.39 is 11.4 Å². The molecule has 2 N–H and O–H groups in total. The van der Waals surface area contributed by atoms with Crippen LogP contribution in [0.5, 0.6) is 0 Å². The molecule has 1 aromatic heterocycles. The topological polar surface area (TPSA) is 65.2 Å². The zero-order valence-electron chi connectivity index (χ0n) is 16.7. The molecule has 3 heterocycles. The van der Waals surface area contributed by atoms with E-state index in [1.807, 2.05) is 13.0 Å². The number of H-pyrrole nitrogens is 1. The lowest BCUT2D eigenvalue weighted by Crippen LogP contribution is -2.38. The number of aromatic amines is 1. The second-order valence-electron chi connectivity index (χ2n) is 7.68. The van der Waals surface area contributed by atoms with E-state index in [-0.39, 0.29) is 29.6 Å². The molecule has 0 bridgehead atoms. The Hall–Kier alpha value is -3.22. The van der Waals surface area contributed by atoms with E-state index in [2.05, 4.69) is 10.3 Å². The smallest absolute Gasteiger partial charge is 0.259 e. The minimum absolute atomic E-state index is 0.000274. The molecule has 30 heavy (non-hydrogen) atoms. The highest BCUT2D eigenvalue weighted by molar-refractivity contribution is 5.85. The number of aryl methyl sites for hydroxylation is 2. The summed E-state index contributed by atoms with van der Waals surface area (Å²) < 4.78 is 27.1. The van der Waals surface area contributed by atoms with Crippen molar-refractivity contribution in [1.82, 2.24) is 15.2 Å². The predicted octanol–water partition coefficient (Wildman–Crippen LogP) is 3.41. The Morgan fingerprint density at radius 1 is 1.30 bits per heavy atom. The predicted molar refractivity (Wildman–Crippen MR) is 112 cm³/mol. The Morgan fingerprint density at radius 3 is 2.83 bits per heavy atom. The zero-order valence-corrected chi connectivity index (χ0v) is 16.7. The monoisotopic (exact) mass is 411 g/mol. The number of fused-ring (bicyclic) bond motifs is 1. The molecular formula is C23H23F2N3O2. The SMILES string of the molecule is Cc1ccc(F)c2c(=O)[nH]c(CCC(=O)N3CC=C(C4C=CC(F)=CN4)CC3)cc12. The second kappa shape index (κ2) is 8.26. The number of aromatic nitrogens is 1. The van der Waals surface area contributed by atoms with Crippen LogP contribution in [0.2, 0.25) is 0 Å². The fourth-order valence-electron chi connectivity index (χ4n) is 3.95. The molecule has 7 heteroatoms. The molecule has 2 aliphatic rings. The number of rotatable bonds is 4. The van der Waals surface area contributed by atoms with Crippen LogP contribution in [-0.4, -0.2) is 34.9 Å². The summed E-state index contributed by atoms with van der Waals surface area (Å²) in [5.74, 6) is -0.847. The fourth-order valence-corrected chi connectivity index (χ4v) is 3.95. The number of nitrogens with zero attached hydrogens (tertiary/aromatic N) is 1. The molecule has 1 aromatic carbocycles. The van der Waals surface area contributed by atoms with Crippen LogP contribution in [0.25, 0.3) is 10.8 Å². The fraction of sp³-hybridized carbons (Fsp3) is 0.304. The summed E-state index contributed by atoms with van der Waals surface area (Å²) in [6.45, 7) is 2.93. The van der Waals surface area contributed by atoms with Crippen molar-refractivity contribution in [3.63, 3.8) is 0 Å². The van der Waals surface area contributed by atoms with Crippen molar-refractivity contribution in [3.05, 3.63) is 81.5 Å². The van der Waals surface area contributed by atoms with Gasteiger partial charge in [0.2, 0.25) is 5.91 Å². The van der Waals surface area contributed by atoms with Crippen LogP contribution in [0.3, 0.4) is 0 Å². The van der Waals surface area contributed by atoms with Gasteiger partial charge in [0.05, 0.1) is 11.4 Å². The highest BCUT2D eigenvalue weighted by atomic mass is 19.1. The Labute approximate surface area is 172 Å². The lowest BCUT2D eigenvalue weighted by molar-refractivity contribution is -0.130. The van der Waals surface area contributed by atoms with Gasteiger partial charge in [0, 0.05) is 31.4 Å². The second-order valence-corrected chi connectivity index (χ2v) is 7.68. The number of halogens is 2. The van der Waals surface area contributed by atoms with Crippen LogP contribution >= 0.6 is 0 Å². The summed E-state index contributed by atoms with van der Waals surface area (Å²) >= 11 is 0. The summed E-state index contributed by atoms with van der Waals surface area (Å²) in [5.41, 5.74) is 2.10. The van der Waals surface area contributed by atoms with Crippen LogP contribution < -0.4 is 10.9 Å². The highest BCUT2D eigenvalue weighted by Gasteiger charge is 2.21. The number of dihydropyridines is 1. The molecule has 156 valence electrons. The van der Waals surface area contributed by atoms with Crippen LogP contribution in [0.1, 0.15) is 24.1 Å². The number of hydrogen-bond acceptors (Lipinski definition) is 3. The van der Waals surface area contributed by atoms with E-state index in [1.165, 1.54) is 18.3 Å². The third kappa shape index (κ3) is 4.06. The molecule has 1 unspecified atom stereocenters. The Morgan fingerprint density at radius 2 is 2.13 bits per heavy atom. The van der Waals surface area contributed by atoms with Crippen molar-refractivity contribution < 1.29 is 13.6 Å². The number of allylic oxidation sites excluding steroid dienone is 2. The number of carbonyl (C=O) groups is 1. The average molecular weight is 411 g/mol. The van der Waals surface area contributed by atoms with Crippen molar-refractivity contribution in [2.45, 2.75) is 32.2 Å². The van der Waals surface area contributed by atoms with Crippen molar-refractivity contribution >= 4 is 16.7 Å². The minimum atomic E-state index is -0.545. The standard InChI is InChI=1S/C23H23F2N3O2/c1-14-2-5-19(25)22-18(14)12-17(27-23(22)30)4-7-21(29)28-10-8-15(9-11-28)20-6-3-16(24)13-26-20/h2-3,5-6,8,12-13,20,26H,4,7,9-11H2,1H3,(H,27,30). The van der Waals surface area contributed by atoms with Gasteiger partial charge >= 0.3 is 0 Å². The molecule has 0 radical (unpaired) electrons. The van der Waals surface area contributed by atoms with E-state index in [0.717, 1.165) is 11.1 Å². The summed E-state index contributed by atoms with van der Waals surface area (Å²) in [6.07, 6.45) is 7.93. The van der Waals surface area contributed by atoms with Gasteiger partial charge in [0.1, 0.15) is 11.6 Å². The molecule has 0 saturated heterocycles. The first-order valence-corrected chi connectivity index (χ1v) is 10.00. The number of benzene rings is 1. The van der Waals surface area contributed by atoms with E-state index in [9.17, 15) is 18.4 Å². The molecule has 2 aromatic rings. The first kappa shape index (κ1) is 20.1. The number of nitrogens with one attached hydrogen (secondary N) is 2. The molecule has 0 fully saturated rings. The molecule has 2 aliphatic heterocycles. The van der Waals surface area contributed by atoms with E-state index in [1.54, 1.807) is 23.1 Å². The summed E-state index contributed by atoms with van der Waals surface area (Å²) in [6, 6.07) is 4.65. The van der Waals surface area contributed by atoms with Crippen molar-refractivity contribution in [2.24, 2.45) is 0 Å². The van der Waals surface area contributed by atoms with Gasteiger partial charge in [0.25, 0.3) is 5.56 Å². The van der Waals surface area contributed by atoms with Gasteiger partial charge in [-0.15, -0.1) is 0 Å². The van der Waals surface area contributed by atoms with Crippen LogP contribution in [0, 0.1) is 12.7 Å². The van der Waals surface area contributed by atoms with Gasteiger partial charge in [-0.1, -0.05) is 18.2 Å². The largest absolute Gasteiger partial charge is 0.379 e.